The van der Waals surface area contributed by atoms with E-state index >= 15 is 0 Å². The average molecular weight is 249 g/mol. The Morgan fingerprint density at radius 2 is 1.88 bits per heavy atom. The summed E-state index contributed by atoms with van der Waals surface area (Å²) in [4.78, 5) is 0.652. The first-order chi connectivity index (χ1) is 8.31. The monoisotopic (exact) mass is 249 g/mol. The van der Waals surface area contributed by atoms with Crippen molar-refractivity contribution in [3.63, 3.8) is 0 Å². The van der Waals surface area contributed by atoms with Gasteiger partial charge in [0.2, 0.25) is 0 Å². The van der Waals surface area contributed by atoms with E-state index in [1.54, 1.807) is 6.07 Å². The molecular weight excluding hydrogens is 233 g/mol. The number of rotatable bonds is 3. The summed E-state index contributed by atoms with van der Waals surface area (Å²) < 4.78 is 12.7. The SMILES string of the molecule is NC1=C(/C=C/c2ccccc2SF)CCCC1. The Morgan fingerprint density at radius 1 is 1.12 bits per heavy atom. The lowest BCUT2D eigenvalue weighted by atomic mass is 9.96. The third-order valence-corrected chi connectivity index (χ3v) is 3.56. The molecule has 0 saturated carbocycles. The first-order valence-electron chi connectivity index (χ1n) is 5.84. The molecule has 0 aliphatic heterocycles. The van der Waals surface area contributed by atoms with Crippen LogP contribution in [0.15, 0.2) is 46.5 Å². The molecule has 0 amide bonds. The van der Waals surface area contributed by atoms with Crippen LogP contribution in [0.4, 0.5) is 3.89 Å². The van der Waals surface area contributed by atoms with Gasteiger partial charge in [0.15, 0.2) is 0 Å². The van der Waals surface area contributed by atoms with E-state index in [1.807, 2.05) is 30.4 Å². The summed E-state index contributed by atoms with van der Waals surface area (Å²) in [5.74, 6) is 0. The van der Waals surface area contributed by atoms with Crippen molar-refractivity contribution in [3.8, 4) is 0 Å². The normalized spacial score (nSPS) is 16.8. The summed E-state index contributed by atoms with van der Waals surface area (Å²) in [6, 6.07) is 7.45. The standard InChI is InChI=1S/C14H16FNS/c15-17-14-8-4-2-6-12(14)10-9-11-5-1-3-7-13(11)16/h2,4,6,8-10H,1,3,5,7,16H2/b10-9+. The molecule has 3 heteroatoms. The third-order valence-electron chi connectivity index (χ3n) is 3.02. The van der Waals surface area contributed by atoms with Gasteiger partial charge in [0, 0.05) is 10.6 Å². The fourth-order valence-electron chi connectivity index (χ4n) is 2.02. The molecule has 0 atom stereocenters. The zero-order valence-corrected chi connectivity index (χ0v) is 10.5. The zero-order chi connectivity index (χ0) is 12.1. The van der Waals surface area contributed by atoms with Gasteiger partial charge in [-0.1, -0.05) is 30.4 Å². The van der Waals surface area contributed by atoms with E-state index in [4.69, 9.17) is 5.73 Å². The fraction of sp³-hybridized carbons (Fsp3) is 0.286. The summed E-state index contributed by atoms with van der Waals surface area (Å²) >= 11 is 0.284. The van der Waals surface area contributed by atoms with Gasteiger partial charge in [-0.3, -0.25) is 0 Å². The first-order valence-corrected chi connectivity index (χ1v) is 6.56. The Hall–Kier alpha value is -1.22. The second kappa shape index (κ2) is 5.92. The number of allylic oxidation sites excluding steroid dienone is 3. The van der Waals surface area contributed by atoms with E-state index in [-0.39, 0.29) is 12.1 Å². The molecule has 1 nitrogen and oxygen atoms in total. The Balaban J connectivity index is 2.20. The Kier molecular flexibility index (Phi) is 4.26. The molecule has 1 aromatic carbocycles. The van der Waals surface area contributed by atoms with Crippen LogP contribution in [-0.2, 0) is 0 Å². The van der Waals surface area contributed by atoms with Crippen LogP contribution in [0, 0.1) is 0 Å². The molecule has 0 spiro atoms. The van der Waals surface area contributed by atoms with Crippen molar-refractivity contribution in [1.29, 1.82) is 0 Å². The second-order valence-electron chi connectivity index (χ2n) is 4.21. The van der Waals surface area contributed by atoms with Crippen LogP contribution < -0.4 is 5.73 Å². The molecule has 2 rings (SSSR count). The van der Waals surface area contributed by atoms with Crippen LogP contribution in [0.2, 0.25) is 0 Å². The van der Waals surface area contributed by atoms with E-state index in [9.17, 15) is 3.89 Å². The first kappa shape index (κ1) is 12.2. The minimum Gasteiger partial charge on any atom is -0.402 e. The lowest BCUT2D eigenvalue weighted by Crippen LogP contribution is -2.06. The molecule has 0 saturated heterocycles. The van der Waals surface area contributed by atoms with Crippen molar-refractivity contribution in [3.05, 3.63) is 47.2 Å². The van der Waals surface area contributed by atoms with Crippen LogP contribution >= 0.6 is 12.1 Å². The summed E-state index contributed by atoms with van der Waals surface area (Å²) in [5.41, 5.74) is 9.06. The van der Waals surface area contributed by atoms with Gasteiger partial charge in [0.25, 0.3) is 0 Å². The highest BCUT2D eigenvalue weighted by atomic mass is 32.2. The van der Waals surface area contributed by atoms with Gasteiger partial charge in [0.1, 0.15) is 0 Å². The van der Waals surface area contributed by atoms with Crippen LogP contribution in [0.1, 0.15) is 31.2 Å². The summed E-state index contributed by atoms with van der Waals surface area (Å²) in [5, 5.41) is 0. The van der Waals surface area contributed by atoms with Crippen molar-refractivity contribution >= 4 is 18.2 Å². The molecular formula is C14H16FNS. The maximum absolute atomic E-state index is 12.7. The molecule has 0 heterocycles. The zero-order valence-electron chi connectivity index (χ0n) is 9.66. The van der Waals surface area contributed by atoms with Crippen LogP contribution in [0.25, 0.3) is 6.08 Å². The van der Waals surface area contributed by atoms with E-state index in [2.05, 4.69) is 0 Å². The van der Waals surface area contributed by atoms with Gasteiger partial charge in [-0.25, -0.2) is 0 Å². The van der Waals surface area contributed by atoms with Crippen molar-refractivity contribution in [1.82, 2.24) is 0 Å². The molecule has 17 heavy (non-hydrogen) atoms. The van der Waals surface area contributed by atoms with Gasteiger partial charge in [0.05, 0.1) is 12.1 Å². The van der Waals surface area contributed by atoms with E-state index < -0.39 is 0 Å². The highest BCUT2D eigenvalue weighted by Crippen LogP contribution is 2.27. The van der Waals surface area contributed by atoms with Crippen molar-refractivity contribution in [2.45, 2.75) is 30.6 Å². The second-order valence-corrected chi connectivity index (χ2v) is 4.80. The van der Waals surface area contributed by atoms with E-state index in [0.29, 0.717) is 4.90 Å². The number of benzene rings is 1. The highest BCUT2D eigenvalue weighted by Gasteiger charge is 2.07. The molecule has 1 aliphatic carbocycles. The van der Waals surface area contributed by atoms with Gasteiger partial charge < -0.3 is 5.73 Å². The van der Waals surface area contributed by atoms with Gasteiger partial charge in [-0.2, -0.15) is 3.89 Å². The lowest BCUT2D eigenvalue weighted by Gasteiger charge is -2.14. The van der Waals surface area contributed by atoms with Gasteiger partial charge >= 0.3 is 0 Å². The third kappa shape index (κ3) is 3.13. The highest BCUT2D eigenvalue weighted by molar-refractivity contribution is 7.94. The summed E-state index contributed by atoms with van der Waals surface area (Å²) in [6.07, 6.45) is 8.38. The van der Waals surface area contributed by atoms with Crippen molar-refractivity contribution < 1.29 is 3.89 Å². The molecule has 1 aromatic rings. The average Bonchev–Trinajstić information content (AvgIpc) is 2.38. The Morgan fingerprint density at radius 3 is 2.65 bits per heavy atom. The van der Waals surface area contributed by atoms with Crippen LogP contribution in [-0.4, -0.2) is 0 Å². The van der Waals surface area contributed by atoms with Gasteiger partial charge in [-0.05, 0) is 42.9 Å². The minimum absolute atomic E-state index is 0.284. The number of nitrogens with two attached hydrogens (primary N) is 1. The molecule has 0 radical (unpaired) electrons. The molecule has 1 aliphatic rings. The predicted molar refractivity (Wildman–Crippen MR) is 72.1 cm³/mol. The van der Waals surface area contributed by atoms with Crippen molar-refractivity contribution in [2.24, 2.45) is 5.73 Å². The maximum Gasteiger partial charge on any atom is 0.0818 e. The number of hydrogen-bond donors (Lipinski definition) is 1. The van der Waals surface area contributed by atoms with E-state index in [0.717, 1.165) is 24.1 Å². The topological polar surface area (TPSA) is 26.0 Å². The fourth-order valence-corrected chi connectivity index (χ4v) is 2.38. The maximum atomic E-state index is 12.7. The molecule has 0 bridgehead atoms. The predicted octanol–water partition coefficient (Wildman–Crippen LogP) is 4.46. The summed E-state index contributed by atoms with van der Waals surface area (Å²) in [7, 11) is 0. The largest absolute Gasteiger partial charge is 0.402 e. The van der Waals surface area contributed by atoms with Crippen molar-refractivity contribution in [2.75, 3.05) is 0 Å². The Bertz CT molecular complexity index is 451. The van der Waals surface area contributed by atoms with Crippen LogP contribution in [0.3, 0.4) is 0 Å². The van der Waals surface area contributed by atoms with Gasteiger partial charge in [-0.15, -0.1) is 0 Å². The smallest absolute Gasteiger partial charge is 0.0818 e. The molecule has 0 unspecified atom stereocenters. The quantitative estimate of drug-likeness (QED) is 0.855. The number of halogens is 1. The molecule has 90 valence electrons. The lowest BCUT2D eigenvalue weighted by molar-refractivity contribution is 0.677. The van der Waals surface area contributed by atoms with Crippen LogP contribution in [0.5, 0.6) is 0 Å². The number of hydrogen-bond acceptors (Lipinski definition) is 2. The minimum atomic E-state index is 0.284. The Labute approximate surface area is 106 Å². The van der Waals surface area contributed by atoms with E-state index in [1.165, 1.54) is 18.4 Å². The summed E-state index contributed by atoms with van der Waals surface area (Å²) in [6.45, 7) is 0. The molecule has 0 fully saturated rings. The molecule has 2 N–H and O–H groups in total. The molecule has 0 aromatic heterocycles.